The molecule has 0 unspecified atom stereocenters. The van der Waals surface area contributed by atoms with E-state index in [1.165, 1.54) is 50.4 Å². The summed E-state index contributed by atoms with van der Waals surface area (Å²) in [7, 11) is 1.23. The number of benzene rings is 2. The maximum absolute atomic E-state index is 12.9. The number of amides is 2. The van der Waals surface area contributed by atoms with E-state index in [4.69, 9.17) is 9.47 Å². The van der Waals surface area contributed by atoms with E-state index >= 15 is 0 Å². The number of alkyl halides is 2. The summed E-state index contributed by atoms with van der Waals surface area (Å²) in [6.07, 6.45) is -0.984. The van der Waals surface area contributed by atoms with Crippen molar-refractivity contribution in [3.63, 3.8) is 0 Å². The van der Waals surface area contributed by atoms with Crippen molar-refractivity contribution in [1.82, 2.24) is 10.9 Å². The van der Waals surface area contributed by atoms with Crippen LogP contribution in [-0.2, 0) is 4.79 Å². The quantitative estimate of drug-likeness (QED) is 0.701. The second-order valence-corrected chi connectivity index (χ2v) is 5.40. The van der Waals surface area contributed by atoms with Crippen molar-refractivity contribution in [2.24, 2.45) is 0 Å². The fraction of sp³-hybridized carbons (Fsp3) is 0.222. The van der Waals surface area contributed by atoms with Crippen molar-refractivity contribution in [2.45, 2.75) is 19.6 Å². The van der Waals surface area contributed by atoms with Crippen molar-refractivity contribution in [3.05, 3.63) is 53.8 Å². The maximum atomic E-state index is 12.9. The van der Waals surface area contributed by atoms with Gasteiger partial charge in [-0.3, -0.25) is 20.4 Å². The summed E-state index contributed by atoms with van der Waals surface area (Å²) < 4.78 is 52.0. The van der Waals surface area contributed by atoms with Crippen molar-refractivity contribution in [2.75, 3.05) is 7.11 Å². The summed E-state index contributed by atoms with van der Waals surface area (Å²) in [5.41, 5.74) is 4.36. The van der Waals surface area contributed by atoms with Gasteiger partial charge >= 0.3 is 6.61 Å². The van der Waals surface area contributed by atoms with Crippen LogP contribution in [0.5, 0.6) is 17.2 Å². The third-order valence-electron chi connectivity index (χ3n) is 3.44. The molecule has 28 heavy (non-hydrogen) atoms. The molecule has 0 aliphatic carbocycles. The molecule has 0 fully saturated rings. The largest absolute Gasteiger partial charge is 0.493 e. The van der Waals surface area contributed by atoms with Crippen molar-refractivity contribution in [1.29, 1.82) is 0 Å². The topological polar surface area (TPSA) is 85.9 Å². The molecule has 0 saturated heterocycles. The molecule has 0 saturated carbocycles. The van der Waals surface area contributed by atoms with Crippen LogP contribution in [0.25, 0.3) is 0 Å². The fourth-order valence-corrected chi connectivity index (χ4v) is 2.07. The number of ether oxygens (including phenoxy) is 3. The summed E-state index contributed by atoms with van der Waals surface area (Å²) in [5, 5.41) is 0. The Balaban J connectivity index is 1.93. The van der Waals surface area contributed by atoms with Gasteiger partial charge in [-0.1, -0.05) is 0 Å². The molecule has 0 heterocycles. The Morgan fingerprint density at radius 1 is 0.964 bits per heavy atom. The van der Waals surface area contributed by atoms with Gasteiger partial charge in [0.25, 0.3) is 11.8 Å². The van der Waals surface area contributed by atoms with E-state index in [-0.39, 0.29) is 22.8 Å². The molecule has 10 heteroatoms. The Labute approximate surface area is 158 Å². The normalized spacial score (nSPS) is 11.5. The van der Waals surface area contributed by atoms with Crippen LogP contribution in [0.3, 0.4) is 0 Å². The highest BCUT2D eigenvalue weighted by atomic mass is 19.3. The zero-order valence-corrected chi connectivity index (χ0v) is 14.9. The molecule has 150 valence electrons. The van der Waals surface area contributed by atoms with Crippen LogP contribution in [0.2, 0.25) is 0 Å². The van der Waals surface area contributed by atoms with Gasteiger partial charge in [-0.25, -0.2) is 4.39 Å². The lowest BCUT2D eigenvalue weighted by Gasteiger charge is -2.15. The van der Waals surface area contributed by atoms with Gasteiger partial charge in [0, 0.05) is 5.56 Å². The van der Waals surface area contributed by atoms with Crippen LogP contribution >= 0.6 is 0 Å². The molecule has 0 bridgehead atoms. The average Bonchev–Trinajstić information content (AvgIpc) is 2.67. The van der Waals surface area contributed by atoms with Crippen molar-refractivity contribution in [3.8, 4) is 17.2 Å². The summed E-state index contributed by atoms with van der Waals surface area (Å²) in [5.74, 6) is -1.87. The van der Waals surface area contributed by atoms with Crippen molar-refractivity contribution >= 4 is 11.8 Å². The lowest BCUT2D eigenvalue weighted by Crippen LogP contribution is -2.47. The van der Waals surface area contributed by atoms with Gasteiger partial charge in [0.15, 0.2) is 17.6 Å². The van der Waals surface area contributed by atoms with Crippen LogP contribution in [-0.4, -0.2) is 31.6 Å². The SMILES string of the molecule is COc1cc(C(=O)NNC(=O)[C@H](C)Oc2ccc(F)cc2)ccc1OC(F)F. The third kappa shape index (κ3) is 5.79. The summed E-state index contributed by atoms with van der Waals surface area (Å²) >= 11 is 0. The molecule has 2 N–H and O–H groups in total. The first-order valence-corrected chi connectivity index (χ1v) is 7.95. The number of hydrogen-bond acceptors (Lipinski definition) is 5. The number of nitrogens with one attached hydrogen (secondary N) is 2. The summed E-state index contributed by atoms with van der Waals surface area (Å²) in [6, 6.07) is 8.60. The van der Waals surface area contributed by atoms with E-state index in [1.807, 2.05) is 0 Å². The van der Waals surface area contributed by atoms with E-state index in [2.05, 4.69) is 15.6 Å². The molecule has 7 nitrogen and oxygen atoms in total. The van der Waals surface area contributed by atoms with E-state index in [0.717, 1.165) is 6.07 Å². The number of methoxy groups -OCH3 is 1. The maximum Gasteiger partial charge on any atom is 0.387 e. The number of halogens is 3. The Morgan fingerprint density at radius 2 is 1.64 bits per heavy atom. The van der Waals surface area contributed by atoms with Crippen LogP contribution in [0.15, 0.2) is 42.5 Å². The zero-order valence-electron chi connectivity index (χ0n) is 14.9. The van der Waals surface area contributed by atoms with Crippen LogP contribution in [0.1, 0.15) is 17.3 Å². The average molecular weight is 398 g/mol. The molecule has 0 aliphatic rings. The highest BCUT2D eigenvalue weighted by molar-refractivity contribution is 5.96. The van der Waals surface area contributed by atoms with E-state index < -0.39 is 30.3 Å². The highest BCUT2D eigenvalue weighted by Crippen LogP contribution is 2.29. The lowest BCUT2D eigenvalue weighted by molar-refractivity contribution is -0.128. The standard InChI is InChI=1S/C18H17F3N2O5/c1-10(27-13-6-4-12(19)5-7-13)16(24)22-23-17(25)11-3-8-14(28-18(20)21)15(9-11)26-2/h3-10,18H,1-2H3,(H,22,24)(H,23,25)/t10-/m0/s1. The summed E-state index contributed by atoms with van der Waals surface area (Å²) in [4.78, 5) is 24.1. The molecule has 2 aromatic carbocycles. The van der Waals surface area contributed by atoms with Gasteiger partial charge in [0.1, 0.15) is 11.6 Å². The van der Waals surface area contributed by atoms with Gasteiger partial charge in [-0.2, -0.15) is 8.78 Å². The van der Waals surface area contributed by atoms with E-state index in [1.54, 1.807) is 0 Å². The third-order valence-corrected chi connectivity index (χ3v) is 3.44. The van der Waals surface area contributed by atoms with E-state index in [9.17, 15) is 22.8 Å². The molecule has 0 aliphatic heterocycles. The summed E-state index contributed by atoms with van der Waals surface area (Å²) in [6.45, 7) is -1.61. The molecule has 0 spiro atoms. The molecule has 1 atom stereocenters. The monoisotopic (exact) mass is 398 g/mol. The predicted octanol–water partition coefficient (Wildman–Crippen LogP) is 2.66. The smallest absolute Gasteiger partial charge is 0.387 e. The molecular formula is C18H17F3N2O5. The van der Waals surface area contributed by atoms with Gasteiger partial charge in [0.2, 0.25) is 0 Å². The highest BCUT2D eigenvalue weighted by Gasteiger charge is 2.17. The van der Waals surface area contributed by atoms with Gasteiger partial charge < -0.3 is 14.2 Å². The minimum absolute atomic E-state index is 0.0332. The molecule has 0 radical (unpaired) electrons. The Hall–Kier alpha value is -3.43. The minimum atomic E-state index is -3.05. The van der Waals surface area contributed by atoms with E-state index in [0.29, 0.717) is 0 Å². The van der Waals surface area contributed by atoms with Crippen LogP contribution in [0, 0.1) is 5.82 Å². The first kappa shape index (κ1) is 20.9. The predicted molar refractivity (Wildman–Crippen MR) is 91.7 cm³/mol. The number of carbonyl (C=O) groups is 2. The number of carbonyl (C=O) groups excluding carboxylic acids is 2. The first-order chi connectivity index (χ1) is 13.3. The Kier molecular flexibility index (Phi) is 7.08. The van der Waals surface area contributed by atoms with Crippen LogP contribution in [0.4, 0.5) is 13.2 Å². The molecule has 2 rings (SSSR count). The number of rotatable bonds is 7. The Morgan fingerprint density at radius 3 is 2.25 bits per heavy atom. The molecule has 2 amide bonds. The second-order valence-electron chi connectivity index (χ2n) is 5.40. The minimum Gasteiger partial charge on any atom is -0.493 e. The molecule has 0 aromatic heterocycles. The number of hydrazine groups is 1. The van der Waals surface area contributed by atoms with Crippen LogP contribution < -0.4 is 25.1 Å². The molecule has 2 aromatic rings. The van der Waals surface area contributed by atoms with Crippen molar-refractivity contribution < 1.29 is 37.0 Å². The lowest BCUT2D eigenvalue weighted by atomic mass is 10.2. The van der Waals surface area contributed by atoms with Gasteiger partial charge in [-0.05, 0) is 49.4 Å². The first-order valence-electron chi connectivity index (χ1n) is 7.95. The van der Waals surface area contributed by atoms with Gasteiger partial charge in [-0.15, -0.1) is 0 Å². The molecular weight excluding hydrogens is 381 g/mol. The number of hydrogen-bond donors (Lipinski definition) is 2. The zero-order chi connectivity index (χ0) is 20.7. The Bertz CT molecular complexity index is 830. The fourth-order valence-electron chi connectivity index (χ4n) is 2.07. The second kappa shape index (κ2) is 9.49. The van der Waals surface area contributed by atoms with Gasteiger partial charge in [0.05, 0.1) is 7.11 Å².